The largest absolute Gasteiger partial charge is 0.472 e. The van der Waals surface area contributed by atoms with Gasteiger partial charge in [0.15, 0.2) is 0 Å². The fourth-order valence-corrected chi connectivity index (χ4v) is 1.95. The van der Waals surface area contributed by atoms with Gasteiger partial charge in [0, 0.05) is 5.33 Å². The Morgan fingerprint density at radius 2 is 2.56 bits per heavy atom. The highest BCUT2D eigenvalue weighted by Crippen LogP contribution is 2.49. The molecule has 1 aliphatic heterocycles. The first kappa shape index (κ1) is 7.69. The Labute approximate surface area is 60.9 Å². The van der Waals surface area contributed by atoms with Crippen molar-refractivity contribution in [2.75, 3.05) is 11.9 Å². The number of halogens is 1. The van der Waals surface area contributed by atoms with E-state index in [-0.39, 0.29) is 12.7 Å². The molecule has 0 saturated carbocycles. The van der Waals surface area contributed by atoms with Crippen molar-refractivity contribution in [1.29, 1.82) is 0 Å². The number of hydrogen-bond donors (Lipinski definition) is 1. The van der Waals surface area contributed by atoms with Gasteiger partial charge in [-0.05, 0) is 0 Å². The van der Waals surface area contributed by atoms with Gasteiger partial charge in [0.1, 0.15) is 6.10 Å². The molecule has 1 fully saturated rings. The van der Waals surface area contributed by atoms with Crippen LogP contribution in [0.15, 0.2) is 0 Å². The van der Waals surface area contributed by atoms with Crippen molar-refractivity contribution in [3.05, 3.63) is 0 Å². The van der Waals surface area contributed by atoms with Crippen LogP contribution in [-0.4, -0.2) is 22.9 Å². The van der Waals surface area contributed by atoms with E-state index in [0.29, 0.717) is 5.33 Å². The summed E-state index contributed by atoms with van der Waals surface area (Å²) < 4.78 is 19.4. The summed E-state index contributed by atoms with van der Waals surface area (Å²) in [5.74, 6) is 0. The van der Waals surface area contributed by atoms with E-state index in [1.54, 1.807) is 0 Å². The Morgan fingerprint density at radius 1 is 1.89 bits per heavy atom. The Morgan fingerprint density at radius 3 is 2.78 bits per heavy atom. The predicted molar refractivity (Wildman–Crippen MR) is 34.4 cm³/mol. The topological polar surface area (TPSA) is 55.8 Å². The maximum absolute atomic E-state index is 10.5. The summed E-state index contributed by atoms with van der Waals surface area (Å²) in [6.45, 7) is 0.193. The Balaban J connectivity index is 2.47. The molecule has 6 heteroatoms. The third kappa shape index (κ3) is 2.02. The van der Waals surface area contributed by atoms with Crippen LogP contribution in [0.4, 0.5) is 0 Å². The Kier molecular flexibility index (Phi) is 2.29. The summed E-state index contributed by atoms with van der Waals surface area (Å²) in [5, 5.41) is 0.525. The number of phosphoric ester groups is 1. The minimum absolute atomic E-state index is 0.193. The van der Waals surface area contributed by atoms with E-state index in [1.807, 2.05) is 0 Å². The lowest BCUT2D eigenvalue weighted by molar-refractivity contribution is 0.233. The molecule has 4 nitrogen and oxygen atoms in total. The molecule has 0 aliphatic carbocycles. The monoisotopic (exact) mass is 216 g/mol. The molecule has 2 atom stereocenters. The van der Waals surface area contributed by atoms with Crippen LogP contribution in [0.25, 0.3) is 0 Å². The zero-order valence-electron chi connectivity index (χ0n) is 4.49. The van der Waals surface area contributed by atoms with Crippen molar-refractivity contribution >= 4 is 23.8 Å². The van der Waals surface area contributed by atoms with Crippen LogP contribution in [0.1, 0.15) is 0 Å². The molecular weight excluding hydrogens is 211 g/mol. The van der Waals surface area contributed by atoms with E-state index in [9.17, 15) is 4.57 Å². The van der Waals surface area contributed by atoms with Crippen molar-refractivity contribution < 1.29 is 18.5 Å². The van der Waals surface area contributed by atoms with Crippen molar-refractivity contribution in [1.82, 2.24) is 0 Å². The molecule has 0 spiro atoms. The molecule has 0 amide bonds. The SMILES string of the molecule is O=P1(O)OCC(CBr)O1. The van der Waals surface area contributed by atoms with Gasteiger partial charge in [0.2, 0.25) is 0 Å². The van der Waals surface area contributed by atoms with E-state index in [1.165, 1.54) is 0 Å². The maximum Gasteiger partial charge on any atom is 0.472 e. The van der Waals surface area contributed by atoms with Crippen molar-refractivity contribution in [2.45, 2.75) is 6.10 Å². The second-order valence-corrected chi connectivity index (χ2v) is 3.70. The van der Waals surface area contributed by atoms with E-state index in [4.69, 9.17) is 4.89 Å². The highest BCUT2D eigenvalue weighted by atomic mass is 79.9. The molecule has 0 aromatic carbocycles. The molecule has 1 saturated heterocycles. The molecule has 9 heavy (non-hydrogen) atoms. The van der Waals surface area contributed by atoms with Crippen LogP contribution in [0, 0.1) is 0 Å². The Hall–Kier alpha value is 0.590. The van der Waals surface area contributed by atoms with Crippen LogP contribution in [-0.2, 0) is 13.6 Å². The molecular formula is C3H6BrO4P. The minimum atomic E-state index is -3.65. The maximum atomic E-state index is 10.5. The summed E-state index contributed by atoms with van der Waals surface area (Å²) >= 11 is 3.09. The normalized spacial score (nSPS) is 43.6. The molecule has 1 aliphatic rings. The van der Waals surface area contributed by atoms with Gasteiger partial charge in [-0.25, -0.2) is 4.57 Å². The highest BCUT2D eigenvalue weighted by Gasteiger charge is 2.34. The smallest absolute Gasteiger partial charge is 0.302 e. The van der Waals surface area contributed by atoms with Crippen molar-refractivity contribution in [2.24, 2.45) is 0 Å². The quantitative estimate of drug-likeness (QED) is 0.523. The fourth-order valence-electron chi connectivity index (χ4n) is 0.499. The Bertz CT molecular complexity index is 149. The second kappa shape index (κ2) is 2.68. The summed E-state index contributed by atoms with van der Waals surface area (Å²) in [5.41, 5.74) is 0. The van der Waals surface area contributed by atoms with Gasteiger partial charge in [-0.1, -0.05) is 15.9 Å². The average Bonchev–Trinajstić information content (AvgIpc) is 2.10. The zero-order chi connectivity index (χ0) is 6.91. The number of hydrogen-bond acceptors (Lipinski definition) is 3. The van der Waals surface area contributed by atoms with E-state index in [2.05, 4.69) is 25.0 Å². The minimum Gasteiger partial charge on any atom is -0.302 e. The van der Waals surface area contributed by atoms with E-state index >= 15 is 0 Å². The third-order valence-corrected chi connectivity index (χ3v) is 2.64. The summed E-state index contributed by atoms with van der Waals surface area (Å²) in [4.78, 5) is 8.59. The lowest BCUT2D eigenvalue weighted by Gasteiger charge is -2.00. The molecule has 0 aromatic heterocycles. The van der Waals surface area contributed by atoms with Crippen LogP contribution >= 0.6 is 23.8 Å². The molecule has 2 unspecified atom stereocenters. The summed E-state index contributed by atoms with van der Waals surface area (Å²) in [6.07, 6.45) is -0.277. The molecule has 0 bridgehead atoms. The van der Waals surface area contributed by atoms with Gasteiger partial charge in [0.25, 0.3) is 0 Å². The van der Waals surface area contributed by atoms with E-state index in [0.717, 1.165) is 0 Å². The molecule has 1 rings (SSSR count). The molecule has 0 radical (unpaired) electrons. The fraction of sp³-hybridized carbons (Fsp3) is 1.00. The predicted octanol–water partition coefficient (Wildman–Crippen LogP) is 0.897. The first-order chi connectivity index (χ1) is 4.14. The lowest BCUT2D eigenvalue weighted by Crippen LogP contribution is -2.09. The van der Waals surface area contributed by atoms with Crippen molar-refractivity contribution in [3.63, 3.8) is 0 Å². The zero-order valence-corrected chi connectivity index (χ0v) is 6.97. The summed E-state index contributed by atoms with van der Waals surface area (Å²) in [6, 6.07) is 0. The first-order valence-electron chi connectivity index (χ1n) is 2.36. The number of alkyl halides is 1. The summed E-state index contributed by atoms with van der Waals surface area (Å²) in [7, 11) is -3.65. The average molecular weight is 217 g/mol. The van der Waals surface area contributed by atoms with Gasteiger partial charge >= 0.3 is 7.82 Å². The van der Waals surface area contributed by atoms with Gasteiger partial charge in [0.05, 0.1) is 6.61 Å². The first-order valence-corrected chi connectivity index (χ1v) is 4.97. The molecule has 1 N–H and O–H groups in total. The van der Waals surface area contributed by atoms with Crippen LogP contribution in [0.3, 0.4) is 0 Å². The lowest BCUT2D eigenvalue weighted by atomic mass is 10.5. The van der Waals surface area contributed by atoms with Crippen molar-refractivity contribution in [3.8, 4) is 0 Å². The van der Waals surface area contributed by atoms with Gasteiger partial charge < -0.3 is 4.89 Å². The highest BCUT2D eigenvalue weighted by molar-refractivity contribution is 9.09. The van der Waals surface area contributed by atoms with Crippen LogP contribution in [0.5, 0.6) is 0 Å². The van der Waals surface area contributed by atoms with Gasteiger partial charge in [-0.2, -0.15) is 0 Å². The van der Waals surface area contributed by atoms with E-state index < -0.39 is 7.82 Å². The van der Waals surface area contributed by atoms with Gasteiger partial charge in [-0.15, -0.1) is 0 Å². The number of rotatable bonds is 1. The van der Waals surface area contributed by atoms with Gasteiger partial charge in [-0.3, -0.25) is 9.05 Å². The third-order valence-electron chi connectivity index (χ3n) is 0.878. The molecule has 0 aromatic rings. The molecule has 1 heterocycles. The molecule has 54 valence electrons. The number of phosphoric acid groups is 1. The van der Waals surface area contributed by atoms with Crippen LogP contribution in [0.2, 0.25) is 0 Å². The standard InChI is InChI=1S/C3H6BrO4P/c4-1-3-2-7-9(5,6)8-3/h3H,1-2H2,(H,5,6). The van der Waals surface area contributed by atoms with Crippen LogP contribution < -0.4 is 0 Å². The second-order valence-electron chi connectivity index (χ2n) is 1.65.